The molecule has 1 aliphatic heterocycles. The summed E-state index contributed by atoms with van der Waals surface area (Å²) in [6, 6.07) is 19.2. The molecular formula is C22H31N3O. The van der Waals surface area contributed by atoms with E-state index in [4.69, 9.17) is 0 Å². The molecule has 0 radical (unpaired) electrons. The van der Waals surface area contributed by atoms with Crippen LogP contribution in [0.3, 0.4) is 0 Å². The molecule has 140 valence electrons. The second-order valence-electron chi connectivity index (χ2n) is 7.84. The van der Waals surface area contributed by atoms with Crippen LogP contribution in [0.5, 0.6) is 0 Å². The van der Waals surface area contributed by atoms with E-state index in [1.807, 2.05) is 20.2 Å². The van der Waals surface area contributed by atoms with Gasteiger partial charge in [-0.15, -0.1) is 0 Å². The summed E-state index contributed by atoms with van der Waals surface area (Å²) in [5.41, 5.74) is 3.08. The highest BCUT2D eigenvalue weighted by Crippen LogP contribution is 2.26. The molecule has 4 heteroatoms. The molecule has 0 aliphatic carbocycles. The summed E-state index contributed by atoms with van der Waals surface area (Å²) >= 11 is 0. The monoisotopic (exact) mass is 353 g/mol. The molecule has 0 aromatic heterocycles. The zero-order valence-electron chi connectivity index (χ0n) is 16.2. The van der Waals surface area contributed by atoms with Crippen LogP contribution in [-0.4, -0.2) is 61.3 Å². The van der Waals surface area contributed by atoms with Gasteiger partial charge in [-0.05, 0) is 63.3 Å². The molecule has 1 N–H and O–H groups in total. The van der Waals surface area contributed by atoms with Crippen molar-refractivity contribution < 1.29 is 5.11 Å². The van der Waals surface area contributed by atoms with Crippen LogP contribution in [0, 0.1) is 0 Å². The van der Waals surface area contributed by atoms with E-state index >= 15 is 0 Å². The van der Waals surface area contributed by atoms with Crippen LogP contribution in [0.4, 0.5) is 11.4 Å². The van der Waals surface area contributed by atoms with E-state index in [1.54, 1.807) is 0 Å². The highest BCUT2D eigenvalue weighted by atomic mass is 16.3. The van der Waals surface area contributed by atoms with E-state index < -0.39 is 5.60 Å². The topological polar surface area (TPSA) is 30.0 Å². The predicted octanol–water partition coefficient (Wildman–Crippen LogP) is 3.34. The van der Waals surface area contributed by atoms with Gasteiger partial charge in [0, 0.05) is 38.1 Å². The fourth-order valence-corrected chi connectivity index (χ4v) is 3.94. The lowest BCUT2D eigenvalue weighted by molar-refractivity contribution is -0.0479. The number of para-hydroxylation sites is 1. The number of anilines is 2. The van der Waals surface area contributed by atoms with Crippen molar-refractivity contribution in [3.05, 3.63) is 60.2 Å². The number of nitrogens with zero attached hydrogens (tertiary/aromatic N) is 3. The standard InChI is InChI=1S/C22H31N3O/c1-23(2)17-22(26)14-7-15-25(18-22)16-19-10-12-21(13-11-19)24(3)20-8-5-4-6-9-20/h4-6,8-13,26H,7,14-18H2,1-3H3. The second-order valence-corrected chi connectivity index (χ2v) is 7.84. The lowest BCUT2D eigenvalue weighted by atomic mass is 9.92. The van der Waals surface area contributed by atoms with Crippen LogP contribution < -0.4 is 4.90 Å². The van der Waals surface area contributed by atoms with Gasteiger partial charge >= 0.3 is 0 Å². The molecule has 0 bridgehead atoms. The Bertz CT molecular complexity index is 686. The molecule has 1 fully saturated rings. The molecule has 1 heterocycles. The first-order valence-electron chi connectivity index (χ1n) is 9.42. The molecule has 2 aromatic carbocycles. The molecule has 1 atom stereocenters. The fraction of sp³-hybridized carbons (Fsp3) is 0.455. The maximum absolute atomic E-state index is 10.8. The van der Waals surface area contributed by atoms with Gasteiger partial charge < -0.3 is 14.9 Å². The maximum atomic E-state index is 10.8. The van der Waals surface area contributed by atoms with Gasteiger partial charge in [0.25, 0.3) is 0 Å². The van der Waals surface area contributed by atoms with Gasteiger partial charge in [0.05, 0.1) is 5.60 Å². The van der Waals surface area contributed by atoms with Crippen molar-refractivity contribution in [1.29, 1.82) is 0 Å². The van der Waals surface area contributed by atoms with Gasteiger partial charge in [0.2, 0.25) is 0 Å². The number of likely N-dealkylation sites (N-methyl/N-ethyl adjacent to an activating group) is 1. The molecular weight excluding hydrogens is 322 g/mol. The second kappa shape index (κ2) is 8.21. The summed E-state index contributed by atoms with van der Waals surface area (Å²) in [4.78, 5) is 6.65. The fourth-order valence-electron chi connectivity index (χ4n) is 3.94. The third-order valence-corrected chi connectivity index (χ3v) is 5.12. The zero-order valence-corrected chi connectivity index (χ0v) is 16.2. The number of aliphatic hydroxyl groups is 1. The molecule has 0 saturated carbocycles. The highest BCUT2D eigenvalue weighted by Gasteiger charge is 2.33. The Labute approximate surface area is 157 Å². The summed E-state index contributed by atoms with van der Waals surface area (Å²) < 4.78 is 0. The van der Waals surface area contributed by atoms with Crippen molar-refractivity contribution in [3.8, 4) is 0 Å². The van der Waals surface area contributed by atoms with Gasteiger partial charge in [-0.1, -0.05) is 30.3 Å². The number of hydrogen-bond acceptors (Lipinski definition) is 4. The predicted molar refractivity (Wildman–Crippen MR) is 109 cm³/mol. The normalized spacial score (nSPS) is 21.1. The Morgan fingerprint density at radius 2 is 1.62 bits per heavy atom. The maximum Gasteiger partial charge on any atom is 0.0900 e. The van der Waals surface area contributed by atoms with E-state index in [-0.39, 0.29) is 0 Å². The van der Waals surface area contributed by atoms with Gasteiger partial charge in [0.1, 0.15) is 0 Å². The van der Waals surface area contributed by atoms with Gasteiger partial charge in [-0.25, -0.2) is 0 Å². The van der Waals surface area contributed by atoms with E-state index in [9.17, 15) is 5.11 Å². The Morgan fingerprint density at radius 3 is 2.27 bits per heavy atom. The summed E-state index contributed by atoms with van der Waals surface area (Å²) in [6.45, 7) is 3.42. The minimum atomic E-state index is -0.588. The number of hydrogen-bond donors (Lipinski definition) is 1. The van der Waals surface area contributed by atoms with Crippen molar-refractivity contribution in [2.75, 3.05) is 45.7 Å². The van der Waals surface area contributed by atoms with Gasteiger partial charge in [-0.3, -0.25) is 4.90 Å². The first-order valence-corrected chi connectivity index (χ1v) is 9.42. The van der Waals surface area contributed by atoms with Crippen molar-refractivity contribution in [2.24, 2.45) is 0 Å². The molecule has 1 saturated heterocycles. The number of rotatable bonds is 6. The molecule has 2 aromatic rings. The zero-order chi connectivity index (χ0) is 18.6. The molecule has 1 unspecified atom stereocenters. The SMILES string of the molecule is CN(C)CC1(O)CCCN(Cc2ccc(N(C)c3ccccc3)cc2)C1. The Balaban J connectivity index is 1.62. The van der Waals surface area contributed by atoms with Crippen molar-refractivity contribution in [1.82, 2.24) is 9.80 Å². The molecule has 0 spiro atoms. The summed E-state index contributed by atoms with van der Waals surface area (Å²) in [5.74, 6) is 0. The number of benzene rings is 2. The van der Waals surface area contributed by atoms with Crippen molar-refractivity contribution in [2.45, 2.75) is 25.0 Å². The third-order valence-electron chi connectivity index (χ3n) is 5.12. The molecule has 3 rings (SSSR count). The molecule has 1 aliphatic rings. The van der Waals surface area contributed by atoms with Gasteiger partial charge in [-0.2, -0.15) is 0 Å². The molecule has 0 amide bonds. The number of piperidine rings is 1. The van der Waals surface area contributed by atoms with E-state index in [1.165, 1.54) is 16.9 Å². The average molecular weight is 354 g/mol. The largest absolute Gasteiger partial charge is 0.387 e. The Kier molecular flexibility index (Phi) is 5.97. The number of β-amino-alcohol motifs (C(OH)–C–C–N with tert-alkyl or cyclic N) is 1. The van der Waals surface area contributed by atoms with E-state index in [0.29, 0.717) is 0 Å². The lowest BCUT2D eigenvalue weighted by Gasteiger charge is -2.40. The van der Waals surface area contributed by atoms with Crippen molar-refractivity contribution in [3.63, 3.8) is 0 Å². The van der Waals surface area contributed by atoms with Gasteiger partial charge in [0.15, 0.2) is 0 Å². The molecule has 26 heavy (non-hydrogen) atoms. The minimum Gasteiger partial charge on any atom is -0.387 e. The summed E-state index contributed by atoms with van der Waals surface area (Å²) in [5, 5.41) is 10.8. The number of likely N-dealkylation sites (tertiary alicyclic amines) is 1. The van der Waals surface area contributed by atoms with Crippen molar-refractivity contribution >= 4 is 11.4 Å². The summed E-state index contributed by atoms with van der Waals surface area (Å²) in [7, 11) is 6.15. The van der Waals surface area contributed by atoms with Crippen LogP contribution in [0.25, 0.3) is 0 Å². The van der Waals surface area contributed by atoms with E-state index in [2.05, 4.69) is 70.3 Å². The van der Waals surface area contributed by atoms with Crippen LogP contribution in [0.2, 0.25) is 0 Å². The Morgan fingerprint density at radius 1 is 0.962 bits per heavy atom. The van der Waals surface area contributed by atoms with E-state index in [0.717, 1.165) is 39.0 Å². The smallest absolute Gasteiger partial charge is 0.0900 e. The Hall–Kier alpha value is -1.88. The summed E-state index contributed by atoms with van der Waals surface area (Å²) in [6.07, 6.45) is 1.95. The first kappa shape index (κ1) is 18.9. The average Bonchev–Trinajstić information content (AvgIpc) is 2.61. The third kappa shape index (κ3) is 4.85. The minimum absolute atomic E-state index is 0.588. The van der Waals surface area contributed by atoms with Crippen LogP contribution in [-0.2, 0) is 6.54 Å². The quantitative estimate of drug-likeness (QED) is 0.863. The lowest BCUT2D eigenvalue weighted by Crippen LogP contribution is -2.52. The van der Waals surface area contributed by atoms with Crippen LogP contribution in [0.15, 0.2) is 54.6 Å². The molecule has 4 nitrogen and oxygen atoms in total. The van der Waals surface area contributed by atoms with Crippen LogP contribution in [0.1, 0.15) is 18.4 Å². The highest BCUT2D eigenvalue weighted by molar-refractivity contribution is 5.62. The first-order chi connectivity index (χ1) is 12.5. The van der Waals surface area contributed by atoms with Crippen LogP contribution >= 0.6 is 0 Å².